The Morgan fingerprint density at radius 1 is 1.17 bits per heavy atom. The first-order valence-corrected chi connectivity index (χ1v) is 8.56. The fourth-order valence-corrected chi connectivity index (χ4v) is 3.05. The van der Waals surface area contributed by atoms with E-state index in [0.29, 0.717) is 17.4 Å². The highest BCUT2D eigenvalue weighted by Gasteiger charge is 2.30. The zero-order valence-corrected chi connectivity index (χ0v) is 14.7. The quantitative estimate of drug-likeness (QED) is 0.855. The normalized spacial score (nSPS) is 18.9. The minimum absolute atomic E-state index is 0.102. The van der Waals surface area contributed by atoms with Gasteiger partial charge in [0.1, 0.15) is 0 Å². The van der Waals surface area contributed by atoms with Crippen molar-refractivity contribution in [1.82, 2.24) is 19.8 Å². The molecular weight excluding hydrogens is 324 g/mol. The molecule has 1 aliphatic heterocycles. The second-order valence-electron chi connectivity index (χ2n) is 5.99. The number of benzene rings is 1. The molecule has 0 N–H and O–H groups in total. The first kappa shape index (κ1) is 16.9. The Morgan fingerprint density at radius 3 is 2.46 bits per heavy atom. The summed E-state index contributed by atoms with van der Waals surface area (Å²) in [6, 6.07) is 7.36. The SMILES string of the molecule is CCN1CCN(Cc2cnc(-c3ccc(Cl)cc3)nc2)C(C)C1=O. The molecule has 24 heavy (non-hydrogen) atoms. The van der Waals surface area contributed by atoms with Gasteiger partial charge in [-0.25, -0.2) is 9.97 Å². The molecule has 0 aliphatic carbocycles. The Kier molecular flexibility index (Phi) is 5.11. The Hall–Kier alpha value is -1.98. The average molecular weight is 345 g/mol. The van der Waals surface area contributed by atoms with E-state index in [4.69, 9.17) is 11.6 Å². The van der Waals surface area contributed by atoms with Gasteiger partial charge >= 0.3 is 0 Å². The number of nitrogens with zero attached hydrogens (tertiary/aromatic N) is 4. The lowest BCUT2D eigenvalue weighted by Crippen LogP contribution is -2.55. The van der Waals surface area contributed by atoms with Crippen LogP contribution in [0.15, 0.2) is 36.7 Å². The van der Waals surface area contributed by atoms with Crippen LogP contribution in [0.3, 0.4) is 0 Å². The molecule has 0 spiro atoms. The van der Waals surface area contributed by atoms with Crippen molar-refractivity contribution in [2.45, 2.75) is 26.4 Å². The maximum Gasteiger partial charge on any atom is 0.239 e. The maximum atomic E-state index is 12.3. The summed E-state index contributed by atoms with van der Waals surface area (Å²) in [7, 11) is 0. The molecule has 1 atom stereocenters. The largest absolute Gasteiger partial charge is 0.340 e. The monoisotopic (exact) mass is 344 g/mol. The first-order chi connectivity index (χ1) is 11.6. The van der Waals surface area contributed by atoms with Gasteiger partial charge < -0.3 is 4.90 Å². The number of hydrogen-bond donors (Lipinski definition) is 0. The minimum Gasteiger partial charge on any atom is -0.340 e. The van der Waals surface area contributed by atoms with Gasteiger partial charge in [-0.15, -0.1) is 0 Å². The summed E-state index contributed by atoms with van der Waals surface area (Å²) in [6.07, 6.45) is 3.67. The molecule has 126 valence electrons. The van der Waals surface area contributed by atoms with Crippen LogP contribution in [-0.2, 0) is 11.3 Å². The number of amides is 1. The van der Waals surface area contributed by atoms with Crippen LogP contribution in [0.2, 0.25) is 5.02 Å². The molecule has 1 aliphatic rings. The molecule has 1 aromatic carbocycles. The van der Waals surface area contributed by atoms with E-state index in [-0.39, 0.29) is 11.9 Å². The van der Waals surface area contributed by atoms with E-state index in [9.17, 15) is 4.79 Å². The van der Waals surface area contributed by atoms with Crippen LogP contribution in [0.5, 0.6) is 0 Å². The average Bonchev–Trinajstić information content (AvgIpc) is 2.61. The lowest BCUT2D eigenvalue weighted by atomic mass is 10.1. The van der Waals surface area contributed by atoms with Gasteiger partial charge in [0.05, 0.1) is 6.04 Å². The van der Waals surface area contributed by atoms with Crippen molar-refractivity contribution in [2.24, 2.45) is 0 Å². The van der Waals surface area contributed by atoms with E-state index in [1.165, 1.54) is 0 Å². The van der Waals surface area contributed by atoms with E-state index >= 15 is 0 Å². The van der Waals surface area contributed by atoms with Gasteiger partial charge in [-0.3, -0.25) is 9.69 Å². The number of hydrogen-bond acceptors (Lipinski definition) is 4. The summed E-state index contributed by atoms with van der Waals surface area (Å²) in [5, 5.41) is 0.695. The lowest BCUT2D eigenvalue weighted by molar-refractivity contribution is -0.141. The number of rotatable bonds is 4. The predicted molar refractivity (Wildman–Crippen MR) is 94.6 cm³/mol. The van der Waals surface area contributed by atoms with E-state index < -0.39 is 0 Å². The van der Waals surface area contributed by atoms with Gasteiger partial charge in [0.25, 0.3) is 0 Å². The molecule has 1 amide bonds. The zero-order chi connectivity index (χ0) is 17.1. The summed E-state index contributed by atoms with van der Waals surface area (Å²) >= 11 is 5.90. The van der Waals surface area contributed by atoms with Crippen molar-refractivity contribution in [2.75, 3.05) is 19.6 Å². The van der Waals surface area contributed by atoms with Gasteiger partial charge in [-0.2, -0.15) is 0 Å². The molecule has 2 aromatic rings. The summed E-state index contributed by atoms with van der Waals surface area (Å²) in [5.74, 6) is 0.873. The third kappa shape index (κ3) is 3.57. The standard InChI is InChI=1S/C18H21ClN4O/c1-3-22-8-9-23(13(2)18(22)24)12-14-10-20-17(21-11-14)15-4-6-16(19)7-5-15/h4-7,10-11,13H,3,8-9,12H2,1-2H3. The number of aromatic nitrogens is 2. The van der Waals surface area contributed by atoms with Crippen LogP contribution in [-0.4, -0.2) is 51.4 Å². The molecule has 0 bridgehead atoms. The number of likely N-dealkylation sites (N-methyl/N-ethyl adjacent to an activating group) is 1. The topological polar surface area (TPSA) is 49.3 Å². The zero-order valence-electron chi connectivity index (χ0n) is 13.9. The molecule has 1 fully saturated rings. The number of halogens is 1. The van der Waals surface area contributed by atoms with Crippen molar-refractivity contribution < 1.29 is 4.79 Å². The molecule has 0 radical (unpaired) electrons. The van der Waals surface area contributed by atoms with Crippen LogP contribution in [0, 0.1) is 0 Å². The molecule has 1 saturated heterocycles. The predicted octanol–water partition coefficient (Wildman–Crippen LogP) is 2.85. The van der Waals surface area contributed by atoms with Crippen molar-refractivity contribution >= 4 is 17.5 Å². The Bertz CT molecular complexity index is 702. The summed E-state index contributed by atoms with van der Waals surface area (Å²) < 4.78 is 0. The van der Waals surface area contributed by atoms with E-state index in [1.807, 2.05) is 55.4 Å². The molecule has 5 nitrogen and oxygen atoms in total. The highest BCUT2D eigenvalue weighted by molar-refractivity contribution is 6.30. The molecule has 2 heterocycles. The van der Waals surface area contributed by atoms with Gasteiger partial charge in [0, 0.05) is 54.7 Å². The Labute approximate surface area is 147 Å². The fourth-order valence-electron chi connectivity index (χ4n) is 2.92. The highest BCUT2D eigenvalue weighted by atomic mass is 35.5. The summed E-state index contributed by atoms with van der Waals surface area (Å²) in [6.45, 7) is 7.10. The molecule has 0 saturated carbocycles. The second-order valence-corrected chi connectivity index (χ2v) is 6.42. The van der Waals surface area contributed by atoms with E-state index in [0.717, 1.165) is 30.8 Å². The van der Waals surface area contributed by atoms with Crippen LogP contribution >= 0.6 is 11.6 Å². The minimum atomic E-state index is -0.102. The maximum absolute atomic E-state index is 12.3. The fraction of sp³-hybridized carbons (Fsp3) is 0.389. The van der Waals surface area contributed by atoms with Gasteiger partial charge in [0.15, 0.2) is 5.82 Å². The van der Waals surface area contributed by atoms with Crippen LogP contribution in [0.4, 0.5) is 0 Å². The van der Waals surface area contributed by atoms with E-state index in [2.05, 4.69) is 14.9 Å². The van der Waals surface area contributed by atoms with Crippen molar-refractivity contribution in [3.63, 3.8) is 0 Å². The number of piperazine rings is 1. The van der Waals surface area contributed by atoms with Crippen molar-refractivity contribution in [3.8, 4) is 11.4 Å². The smallest absolute Gasteiger partial charge is 0.239 e. The third-order valence-corrected chi connectivity index (χ3v) is 4.70. The molecule has 6 heteroatoms. The molecule has 1 aromatic heterocycles. The van der Waals surface area contributed by atoms with E-state index in [1.54, 1.807) is 0 Å². The number of carbonyl (C=O) groups is 1. The lowest BCUT2D eigenvalue weighted by Gasteiger charge is -2.38. The van der Waals surface area contributed by atoms with Gasteiger partial charge in [0.2, 0.25) is 5.91 Å². The van der Waals surface area contributed by atoms with Crippen LogP contribution in [0.1, 0.15) is 19.4 Å². The molecule has 1 unspecified atom stereocenters. The Balaban J connectivity index is 1.68. The highest BCUT2D eigenvalue weighted by Crippen LogP contribution is 2.19. The van der Waals surface area contributed by atoms with Crippen LogP contribution < -0.4 is 0 Å². The van der Waals surface area contributed by atoms with Crippen LogP contribution in [0.25, 0.3) is 11.4 Å². The third-order valence-electron chi connectivity index (χ3n) is 4.45. The van der Waals surface area contributed by atoms with Gasteiger partial charge in [-0.1, -0.05) is 11.6 Å². The number of carbonyl (C=O) groups excluding carboxylic acids is 1. The summed E-state index contributed by atoms with van der Waals surface area (Å²) in [5.41, 5.74) is 1.95. The van der Waals surface area contributed by atoms with Gasteiger partial charge in [-0.05, 0) is 38.1 Å². The second kappa shape index (κ2) is 7.28. The van der Waals surface area contributed by atoms with Crippen molar-refractivity contribution in [1.29, 1.82) is 0 Å². The molecule has 3 rings (SSSR count). The summed E-state index contributed by atoms with van der Waals surface area (Å²) in [4.78, 5) is 25.2. The molecular formula is C18H21ClN4O. The first-order valence-electron chi connectivity index (χ1n) is 8.18. The van der Waals surface area contributed by atoms with Crippen molar-refractivity contribution in [3.05, 3.63) is 47.2 Å². The Morgan fingerprint density at radius 2 is 1.83 bits per heavy atom.